The summed E-state index contributed by atoms with van der Waals surface area (Å²) in [7, 11) is 0. The molecule has 176 valence electrons. The van der Waals surface area contributed by atoms with Gasteiger partial charge in [-0.05, 0) is 78.8 Å². The highest BCUT2D eigenvalue weighted by atomic mass is 127. The first-order valence-electron chi connectivity index (χ1n) is 11.5. The Morgan fingerprint density at radius 1 is 1.17 bits per heavy atom. The van der Waals surface area contributed by atoms with Crippen molar-refractivity contribution in [1.82, 2.24) is 20.4 Å². The molecule has 0 aromatic carbocycles. The molecule has 2 saturated heterocycles. The molecule has 0 radical (unpaired) electrons. The van der Waals surface area contributed by atoms with E-state index in [9.17, 15) is 4.79 Å². The molecule has 2 heterocycles. The van der Waals surface area contributed by atoms with Gasteiger partial charge in [-0.3, -0.25) is 4.99 Å². The molecule has 0 aliphatic carbocycles. The number of alkyl carbamates (subject to hydrolysis) is 1. The Kier molecular flexibility index (Phi) is 12.4. The summed E-state index contributed by atoms with van der Waals surface area (Å²) in [5.74, 6) is 1.81. The van der Waals surface area contributed by atoms with Gasteiger partial charge in [0.15, 0.2) is 5.96 Å². The number of nitrogens with zero attached hydrogens (tertiary/aromatic N) is 3. The quantitative estimate of drug-likeness (QED) is 0.225. The average Bonchev–Trinajstić information content (AvgIpc) is 3.07. The van der Waals surface area contributed by atoms with Crippen molar-refractivity contribution in [2.75, 3.05) is 45.8 Å². The van der Waals surface area contributed by atoms with E-state index in [1.165, 1.54) is 38.9 Å². The third-order valence-electron chi connectivity index (χ3n) is 5.43. The van der Waals surface area contributed by atoms with Crippen LogP contribution in [0.4, 0.5) is 4.79 Å². The minimum absolute atomic E-state index is 0. The van der Waals surface area contributed by atoms with Crippen molar-refractivity contribution in [1.29, 1.82) is 0 Å². The molecule has 0 aromatic heterocycles. The number of rotatable bonds is 7. The van der Waals surface area contributed by atoms with Gasteiger partial charge in [0.1, 0.15) is 5.60 Å². The smallest absolute Gasteiger partial charge is 0.407 e. The molecule has 2 fully saturated rings. The summed E-state index contributed by atoms with van der Waals surface area (Å²) in [6.45, 7) is 17.2. The average molecular weight is 538 g/mol. The second kappa shape index (κ2) is 13.6. The molecule has 2 atom stereocenters. The molecular formula is C22H44IN5O2. The number of amides is 1. The first kappa shape index (κ1) is 27.3. The van der Waals surface area contributed by atoms with Gasteiger partial charge in [0.2, 0.25) is 0 Å². The minimum Gasteiger partial charge on any atom is -0.444 e. The van der Waals surface area contributed by atoms with Gasteiger partial charge in [-0.2, -0.15) is 0 Å². The number of nitrogens with one attached hydrogen (secondary N) is 2. The summed E-state index contributed by atoms with van der Waals surface area (Å²) in [5, 5.41) is 6.39. The monoisotopic (exact) mass is 537 g/mol. The number of aliphatic imine (C=N–C) groups is 1. The molecule has 7 nitrogen and oxygen atoms in total. The van der Waals surface area contributed by atoms with Crippen LogP contribution >= 0.6 is 24.0 Å². The Morgan fingerprint density at radius 3 is 2.60 bits per heavy atom. The van der Waals surface area contributed by atoms with Crippen molar-refractivity contribution >= 4 is 36.0 Å². The van der Waals surface area contributed by atoms with Crippen LogP contribution < -0.4 is 10.6 Å². The predicted octanol–water partition coefficient (Wildman–Crippen LogP) is 3.68. The topological polar surface area (TPSA) is 69.2 Å². The van der Waals surface area contributed by atoms with Crippen molar-refractivity contribution in [2.45, 2.75) is 78.4 Å². The zero-order valence-corrected chi connectivity index (χ0v) is 22.0. The standard InChI is InChI=1S/C22H43N5O2.HI/c1-6-23-20(24-12-7-8-13-26-14-9-10-18(2)16-26)27-15-11-19(17-27)25-21(28)29-22(3,4)5;/h18-19H,6-17H2,1-5H3,(H,23,24)(H,25,28);1H. The molecule has 0 aromatic rings. The van der Waals surface area contributed by atoms with Gasteiger partial charge >= 0.3 is 6.09 Å². The SMILES string of the molecule is CCNC(=NCCCCN1CCCC(C)C1)N1CCC(NC(=O)OC(C)(C)C)C1.I. The highest BCUT2D eigenvalue weighted by molar-refractivity contribution is 14.0. The van der Waals surface area contributed by atoms with Crippen LogP contribution in [0.5, 0.6) is 0 Å². The van der Waals surface area contributed by atoms with Crippen LogP contribution in [0.15, 0.2) is 4.99 Å². The van der Waals surface area contributed by atoms with Crippen LogP contribution in [0.2, 0.25) is 0 Å². The molecule has 2 rings (SSSR count). The number of likely N-dealkylation sites (tertiary alicyclic amines) is 2. The first-order chi connectivity index (χ1) is 13.8. The lowest BCUT2D eigenvalue weighted by molar-refractivity contribution is 0.0507. The van der Waals surface area contributed by atoms with E-state index in [1.54, 1.807) is 0 Å². The fourth-order valence-corrected chi connectivity index (χ4v) is 4.09. The van der Waals surface area contributed by atoms with E-state index in [0.717, 1.165) is 50.9 Å². The number of ether oxygens (including phenoxy) is 1. The lowest BCUT2D eigenvalue weighted by Gasteiger charge is -2.30. The maximum Gasteiger partial charge on any atom is 0.407 e. The van der Waals surface area contributed by atoms with Gasteiger partial charge in [0.05, 0.1) is 6.04 Å². The number of guanidine groups is 1. The Labute approximate surface area is 200 Å². The number of hydrogen-bond acceptors (Lipinski definition) is 4. The zero-order valence-electron chi connectivity index (χ0n) is 19.7. The Balaban J connectivity index is 0.00000450. The number of hydrogen-bond donors (Lipinski definition) is 2. The molecule has 0 spiro atoms. The second-order valence-corrected chi connectivity index (χ2v) is 9.57. The van der Waals surface area contributed by atoms with Crippen LogP contribution in [-0.4, -0.2) is 79.3 Å². The lowest BCUT2D eigenvalue weighted by Crippen LogP contribution is -2.44. The van der Waals surface area contributed by atoms with E-state index in [0.29, 0.717) is 0 Å². The number of halogens is 1. The predicted molar refractivity (Wildman–Crippen MR) is 135 cm³/mol. The van der Waals surface area contributed by atoms with Gasteiger partial charge in [0.25, 0.3) is 0 Å². The van der Waals surface area contributed by atoms with Gasteiger partial charge < -0.3 is 25.2 Å². The number of unbranched alkanes of at least 4 members (excludes halogenated alkanes) is 1. The number of piperidine rings is 1. The maximum atomic E-state index is 12.0. The molecule has 8 heteroatoms. The van der Waals surface area contributed by atoms with E-state index in [-0.39, 0.29) is 36.1 Å². The summed E-state index contributed by atoms with van der Waals surface area (Å²) in [6.07, 6.45) is 5.63. The molecule has 2 unspecified atom stereocenters. The van der Waals surface area contributed by atoms with Crippen molar-refractivity contribution in [3.05, 3.63) is 0 Å². The van der Waals surface area contributed by atoms with Crippen molar-refractivity contribution in [3.8, 4) is 0 Å². The molecule has 2 aliphatic rings. The van der Waals surface area contributed by atoms with Crippen LogP contribution in [0, 0.1) is 5.92 Å². The molecule has 1 amide bonds. The molecule has 2 N–H and O–H groups in total. The van der Waals surface area contributed by atoms with Gasteiger partial charge in [-0.15, -0.1) is 24.0 Å². The Hall–Kier alpha value is -0.770. The lowest BCUT2D eigenvalue weighted by atomic mass is 10.0. The van der Waals surface area contributed by atoms with Gasteiger partial charge in [-0.1, -0.05) is 6.92 Å². The molecule has 30 heavy (non-hydrogen) atoms. The minimum atomic E-state index is -0.467. The van der Waals surface area contributed by atoms with E-state index in [2.05, 4.69) is 34.3 Å². The maximum absolute atomic E-state index is 12.0. The Bertz CT molecular complexity index is 538. The second-order valence-electron chi connectivity index (χ2n) is 9.57. The van der Waals surface area contributed by atoms with E-state index in [1.807, 2.05) is 20.8 Å². The molecule has 0 bridgehead atoms. The van der Waals surface area contributed by atoms with Crippen LogP contribution in [0.1, 0.15) is 66.7 Å². The first-order valence-corrected chi connectivity index (χ1v) is 11.5. The molecule has 2 aliphatic heterocycles. The van der Waals surface area contributed by atoms with Gasteiger partial charge in [-0.25, -0.2) is 4.79 Å². The summed E-state index contributed by atoms with van der Waals surface area (Å²) < 4.78 is 5.37. The van der Waals surface area contributed by atoms with Crippen molar-refractivity contribution in [2.24, 2.45) is 10.9 Å². The fraction of sp³-hybridized carbons (Fsp3) is 0.909. The van der Waals surface area contributed by atoms with Crippen LogP contribution in [0.25, 0.3) is 0 Å². The zero-order chi connectivity index (χ0) is 21.3. The summed E-state index contributed by atoms with van der Waals surface area (Å²) in [5.41, 5.74) is -0.467. The summed E-state index contributed by atoms with van der Waals surface area (Å²) >= 11 is 0. The normalized spacial score (nSPS) is 23.1. The summed E-state index contributed by atoms with van der Waals surface area (Å²) in [4.78, 5) is 21.7. The fourth-order valence-electron chi connectivity index (χ4n) is 4.09. The third-order valence-corrected chi connectivity index (χ3v) is 5.43. The van der Waals surface area contributed by atoms with E-state index >= 15 is 0 Å². The summed E-state index contributed by atoms with van der Waals surface area (Å²) in [6, 6.07) is 0.106. The van der Waals surface area contributed by atoms with Gasteiger partial charge in [0, 0.05) is 32.7 Å². The molecule has 0 saturated carbocycles. The highest BCUT2D eigenvalue weighted by Gasteiger charge is 2.27. The van der Waals surface area contributed by atoms with Crippen molar-refractivity contribution < 1.29 is 9.53 Å². The largest absolute Gasteiger partial charge is 0.444 e. The van der Waals surface area contributed by atoms with Crippen LogP contribution in [0.3, 0.4) is 0 Å². The molecular weight excluding hydrogens is 493 g/mol. The Morgan fingerprint density at radius 2 is 1.93 bits per heavy atom. The van der Waals surface area contributed by atoms with Crippen LogP contribution in [-0.2, 0) is 4.74 Å². The van der Waals surface area contributed by atoms with E-state index in [4.69, 9.17) is 9.73 Å². The van der Waals surface area contributed by atoms with Crippen molar-refractivity contribution in [3.63, 3.8) is 0 Å². The van der Waals surface area contributed by atoms with E-state index < -0.39 is 5.60 Å². The number of carbonyl (C=O) groups excluding carboxylic acids is 1. The number of carbonyl (C=O) groups is 1. The highest BCUT2D eigenvalue weighted by Crippen LogP contribution is 2.16. The third kappa shape index (κ3) is 10.5.